The minimum Gasteiger partial charge on any atom is -0.496 e. The number of hydrogen-bond acceptors (Lipinski definition) is 2. The number of amides is 1. The third kappa shape index (κ3) is 3.16. The Morgan fingerprint density at radius 3 is 2.44 bits per heavy atom. The van der Waals surface area contributed by atoms with Gasteiger partial charge in [-0.05, 0) is 67.1 Å². The Labute approximate surface area is 114 Å². The van der Waals surface area contributed by atoms with Crippen LogP contribution in [0.5, 0.6) is 5.75 Å². The molecule has 0 aliphatic rings. The Morgan fingerprint density at radius 2 is 1.94 bits per heavy atom. The molecule has 0 aromatic heterocycles. The second-order valence-electron chi connectivity index (χ2n) is 4.55. The molecule has 0 fully saturated rings. The van der Waals surface area contributed by atoms with Gasteiger partial charge in [0.15, 0.2) is 0 Å². The van der Waals surface area contributed by atoms with Gasteiger partial charge in [-0.25, -0.2) is 0 Å². The molecule has 0 saturated carbocycles. The van der Waals surface area contributed by atoms with Crippen molar-refractivity contribution < 1.29 is 9.53 Å². The van der Waals surface area contributed by atoms with Crippen LogP contribution in [-0.4, -0.2) is 31.0 Å². The summed E-state index contributed by atoms with van der Waals surface area (Å²) in [6, 6.07) is 2.04. The Hall–Kier alpha value is -1.22. The summed E-state index contributed by atoms with van der Waals surface area (Å²) in [4.78, 5) is 12.5. The summed E-state index contributed by atoms with van der Waals surface area (Å²) in [7, 11) is 3.39. The van der Waals surface area contributed by atoms with Gasteiger partial charge in [-0.3, -0.25) is 4.79 Å². The fraction of sp³-hybridized carbons (Fsp3) is 0.500. The first kappa shape index (κ1) is 14.8. The predicted octanol–water partition coefficient (Wildman–Crippen LogP) is 3.45. The average Bonchev–Trinajstić information content (AvgIpc) is 2.33. The lowest BCUT2D eigenvalue weighted by Gasteiger charge is -2.18. The van der Waals surface area contributed by atoms with Crippen LogP contribution >= 0.6 is 11.6 Å². The van der Waals surface area contributed by atoms with E-state index in [1.54, 1.807) is 14.2 Å². The van der Waals surface area contributed by atoms with Crippen LogP contribution in [0.4, 0.5) is 4.79 Å². The molecule has 0 saturated heterocycles. The van der Waals surface area contributed by atoms with E-state index in [0.717, 1.165) is 17.7 Å². The van der Waals surface area contributed by atoms with E-state index >= 15 is 0 Å². The number of halogens is 1. The van der Waals surface area contributed by atoms with E-state index in [9.17, 15) is 4.79 Å². The first-order valence-electron chi connectivity index (χ1n) is 5.92. The predicted molar refractivity (Wildman–Crippen MR) is 74.8 cm³/mol. The minimum atomic E-state index is -0.421. The van der Waals surface area contributed by atoms with Gasteiger partial charge in [0.1, 0.15) is 5.75 Å². The van der Waals surface area contributed by atoms with E-state index in [1.807, 2.05) is 13.0 Å². The summed E-state index contributed by atoms with van der Waals surface area (Å²) in [6.45, 7) is 6.82. The standard InChI is InChI=1S/C14H20ClNO2/c1-9-8-13(18-5)11(3)10(2)12(9)6-7-16(4)14(15)17/h8H,6-7H2,1-5H3. The maximum atomic E-state index is 11.0. The van der Waals surface area contributed by atoms with E-state index in [-0.39, 0.29) is 0 Å². The van der Waals surface area contributed by atoms with Gasteiger partial charge in [-0.1, -0.05) is 0 Å². The third-order valence-electron chi connectivity index (χ3n) is 3.43. The summed E-state index contributed by atoms with van der Waals surface area (Å²) >= 11 is 5.42. The van der Waals surface area contributed by atoms with E-state index in [4.69, 9.17) is 16.3 Å². The molecule has 0 radical (unpaired) electrons. The van der Waals surface area contributed by atoms with Gasteiger partial charge in [0, 0.05) is 13.6 Å². The number of hydrogen-bond donors (Lipinski definition) is 0. The van der Waals surface area contributed by atoms with Crippen molar-refractivity contribution in [2.75, 3.05) is 20.7 Å². The quantitative estimate of drug-likeness (QED) is 0.619. The van der Waals surface area contributed by atoms with Crippen molar-refractivity contribution in [2.45, 2.75) is 27.2 Å². The zero-order valence-corrected chi connectivity index (χ0v) is 12.4. The summed E-state index contributed by atoms with van der Waals surface area (Å²) in [6.07, 6.45) is 0.803. The van der Waals surface area contributed by atoms with Crippen LogP contribution in [-0.2, 0) is 6.42 Å². The normalized spacial score (nSPS) is 10.3. The van der Waals surface area contributed by atoms with Crippen molar-refractivity contribution in [3.63, 3.8) is 0 Å². The third-order valence-corrected chi connectivity index (χ3v) is 3.71. The number of carbonyl (C=O) groups excluding carboxylic acids is 1. The van der Waals surface area contributed by atoms with Crippen LogP contribution < -0.4 is 4.74 Å². The van der Waals surface area contributed by atoms with Crippen molar-refractivity contribution in [3.05, 3.63) is 28.3 Å². The second-order valence-corrected chi connectivity index (χ2v) is 4.87. The lowest BCUT2D eigenvalue weighted by molar-refractivity contribution is 0.232. The van der Waals surface area contributed by atoms with Crippen LogP contribution in [0.25, 0.3) is 0 Å². The Balaban J connectivity index is 2.96. The molecule has 0 atom stereocenters. The highest BCUT2D eigenvalue weighted by Gasteiger charge is 2.12. The zero-order valence-electron chi connectivity index (χ0n) is 11.6. The highest BCUT2D eigenvalue weighted by atomic mass is 35.5. The minimum absolute atomic E-state index is 0.421. The van der Waals surface area contributed by atoms with Crippen molar-refractivity contribution in [1.82, 2.24) is 4.90 Å². The SMILES string of the molecule is COc1cc(C)c(CCN(C)C(=O)Cl)c(C)c1C. The first-order chi connectivity index (χ1) is 8.38. The molecule has 0 aliphatic carbocycles. The molecule has 1 rings (SSSR count). The molecular weight excluding hydrogens is 250 g/mol. The molecule has 0 N–H and O–H groups in total. The molecule has 0 unspecified atom stereocenters. The van der Waals surface area contributed by atoms with Gasteiger partial charge in [-0.2, -0.15) is 0 Å². The van der Waals surface area contributed by atoms with Crippen molar-refractivity contribution in [2.24, 2.45) is 0 Å². The largest absolute Gasteiger partial charge is 0.496 e. The van der Waals surface area contributed by atoms with Crippen LogP contribution in [0.3, 0.4) is 0 Å². The topological polar surface area (TPSA) is 29.5 Å². The average molecular weight is 270 g/mol. The van der Waals surface area contributed by atoms with Crippen LogP contribution in [0.1, 0.15) is 22.3 Å². The number of aryl methyl sites for hydroxylation is 1. The lowest BCUT2D eigenvalue weighted by Crippen LogP contribution is -2.24. The maximum Gasteiger partial charge on any atom is 0.316 e. The second kappa shape index (κ2) is 6.10. The van der Waals surface area contributed by atoms with Gasteiger partial charge in [-0.15, -0.1) is 0 Å². The first-order valence-corrected chi connectivity index (χ1v) is 6.30. The molecule has 0 aliphatic heterocycles. The van der Waals surface area contributed by atoms with Crippen LogP contribution in [0.2, 0.25) is 0 Å². The molecule has 100 valence electrons. The molecule has 4 heteroatoms. The molecular formula is C14H20ClNO2. The molecule has 3 nitrogen and oxygen atoms in total. The van der Waals surface area contributed by atoms with Crippen molar-refractivity contribution >= 4 is 17.0 Å². The van der Waals surface area contributed by atoms with E-state index < -0.39 is 5.37 Å². The number of nitrogens with zero attached hydrogens (tertiary/aromatic N) is 1. The summed E-state index contributed by atoms with van der Waals surface area (Å²) in [5.74, 6) is 0.913. The molecule has 1 aromatic rings. The lowest BCUT2D eigenvalue weighted by atomic mass is 9.95. The van der Waals surface area contributed by atoms with Crippen molar-refractivity contribution in [1.29, 1.82) is 0 Å². The van der Waals surface area contributed by atoms with Gasteiger partial charge < -0.3 is 9.64 Å². The van der Waals surface area contributed by atoms with Gasteiger partial charge in [0.05, 0.1) is 7.11 Å². The van der Waals surface area contributed by atoms with Crippen LogP contribution in [0.15, 0.2) is 6.07 Å². The summed E-state index contributed by atoms with van der Waals surface area (Å²) in [5.41, 5.74) is 4.82. The Bertz CT molecular complexity index is 458. The number of methoxy groups -OCH3 is 1. The van der Waals surface area contributed by atoms with E-state index in [2.05, 4.69) is 13.8 Å². The molecule has 1 amide bonds. The van der Waals surface area contributed by atoms with Gasteiger partial charge >= 0.3 is 5.37 Å². The Kier molecular flexibility index (Phi) is 5.03. The molecule has 0 spiro atoms. The molecule has 0 heterocycles. The summed E-state index contributed by atoms with van der Waals surface area (Å²) < 4.78 is 5.34. The fourth-order valence-corrected chi connectivity index (χ4v) is 2.15. The smallest absolute Gasteiger partial charge is 0.316 e. The van der Waals surface area contributed by atoms with Crippen molar-refractivity contribution in [3.8, 4) is 5.75 Å². The number of likely N-dealkylation sites (N-methyl/N-ethyl adjacent to an activating group) is 1. The summed E-state index contributed by atoms with van der Waals surface area (Å²) in [5, 5.41) is -0.421. The molecule has 1 aromatic carbocycles. The van der Waals surface area contributed by atoms with E-state index in [0.29, 0.717) is 6.54 Å². The van der Waals surface area contributed by atoms with Crippen LogP contribution in [0, 0.1) is 20.8 Å². The molecule has 0 bridgehead atoms. The van der Waals surface area contributed by atoms with Gasteiger partial charge in [0.2, 0.25) is 0 Å². The molecule has 18 heavy (non-hydrogen) atoms. The Morgan fingerprint density at radius 1 is 1.33 bits per heavy atom. The van der Waals surface area contributed by atoms with E-state index in [1.165, 1.54) is 21.6 Å². The highest BCUT2D eigenvalue weighted by molar-refractivity contribution is 6.62. The zero-order chi connectivity index (χ0) is 13.9. The maximum absolute atomic E-state index is 11.0. The number of rotatable bonds is 4. The number of carbonyl (C=O) groups is 1. The highest BCUT2D eigenvalue weighted by Crippen LogP contribution is 2.27. The number of ether oxygens (including phenoxy) is 1. The monoisotopic (exact) mass is 269 g/mol. The van der Waals surface area contributed by atoms with Gasteiger partial charge in [0.25, 0.3) is 0 Å². The fourth-order valence-electron chi connectivity index (χ4n) is 2.06. The number of benzene rings is 1.